The van der Waals surface area contributed by atoms with Crippen LogP contribution < -0.4 is 5.32 Å². The summed E-state index contributed by atoms with van der Waals surface area (Å²) in [5.74, 6) is 0. The summed E-state index contributed by atoms with van der Waals surface area (Å²) in [6.07, 6.45) is 0.150. The highest BCUT2D eigenvalue weighted by Gasteiger charge is 2.27. The van der Waals surface area contributed by atoms with E-state index in [2.05, 4.69) is 10.2 Å². The summed E-state index contributed by atoms with van der Waals surface area (Å²) in [5.41, 5.74) is 0. The second-order valence-electron chi connectivity index (χ2n) is 3.49. The first-order valence-electron chi connectivity index (χ1n) is 4.80. The molecule has 0 saturated carbocycles. The van der Waals surface area contributed by atoms with Crippen molar-refractivity contribution in [3.8, 4) is 0 Å². The topological polar surface area (TPSA) is 24.5 Å². The number of hydrogen-bond acceptors (Lipinski definition) is 3. The molecule has 0 aliphatic carbocycles. The molecule has 0 aromatic heterocycles. The average Bonchev–Trinajstić information content (AvgIpc) is 2.15. The zero-order chi connectivity index (χ0) is 9.68. The van der Waals surface area contributed by atoms with Crippen LogP contribution in [-0.4, -0.2) is 57.5 Å². The summed E-state index contributed by atoms with van der Waals surface area (Å²) in [6, 6.07) is 0.0406. The van der Waals surface area contributed by atoms with Crippen LogP contribution in [0.25, 0.3) is 0 Å². The SMILES string of the molecule is CNC1CCN(CCOC)CC1F. The highest BCUT2D eigenvalue weighted by Crippen LogP contribution is 2.13. The molecule has 1 aliphatic rings. The highest BCUT2D eigenvalue weighted by atomic mass is 19.1. The van der Waals surface area contributed by atoms with Crippen molar-refractivity contribution in [2.75, 3.05) is 40.4 Å². The summed E-state index contributed by atoms with van der Waals surface area (Å²) in [4.78, 5) is 2.11. The first-order valence-corrected chi connectivity index (χ1v) is 4.80. The summed E-state index contributed by atoms with van der Waals surface area (Å²) < 4.78 is 18.3. The van der Waals surface area contributed by atoms with Crippen molar-refractivity contribution in [2.45, 2.75) is 18.6 Å². The number of hydrogen-bond donors (Lipinski definition) is 1. The number of nitrogens with one attached hydrogen (secondary N) is 1. The Labute approximate surface area is 79.2 Å². The van der Waals surface area contributed by atoms with Crippen molar-refractivity contribution in [2.24, 2.45) is 0 Å². The van der Waals surface area contributed by atoms with Gasteiger partial charge >= 0.3 is 0 Å². The molecule has 0 aromatic rings. The lowest BCUT2D eigenvalue weighted by molar-refractivity contribution is 0.0799. The molecule has 0 amide bonds. The highest BCUT2D eigenvalue weighted by molar-refractivity contribution is 4.84. The van der Waals surface area contributed by atoms with Gasteiger partial charge < -0.3 is 10.1 Å². The predicted molar refractivity (Wildman–Crippen MR) is 50.7 cm³/mol. The number of rotatable bonds is 4. The van der Waals surface area contributed by atoms with E-state index in [0.717, 1.165) is 19.5 Å². The molecule has 0 aromatic carbocycles. The Bertz CT molecular complexity index is 146. The second-order valence-corrected chi connectivity index (χ2v) is 3.49. The average molecular weight is 190 g/mol. The van der Waals surface area contributed by atoms with Crippen LogP contribution in [0.15, 0.2) is 0 Å². The van der Waals surface area contributed by atoms with Gasteiger partial charge in [0.2, 0.25) is 0 Å². The van der Waals surface area contributed by atoms with E-state index in [1.54, 1.807) is 7.11 Å². The van der Waals surface area contributed by atoms with Crippen molar-refractivity contribution in [1.82, 2.24) is 10.2 Å². The van der Waals surface area contributed by atoms with E-state index in [1.165, 1.54) is 0 Å². The first-order chi connectivity index (χ1) is 6.27. The van der Waals surface area contributed by atoms with Crippen molar-refractivity contribution in [1.29, 1.82) is 0 Å². The molecular weight excluding hydrogens is 171 g/mol. The number of nitrogens with zero attached hydrogens (tertiary/aromatic N) is 1. The number of ether oxygens (including phenoxy) is 1. The van der Waals surface area contributed by atoms with E-state index in [-0.39, 0.29) is 6.04 Å². The molecule has 1 N–H and O–H groups in total. The Morgan fingerprint density at radius 3 is 2.92 bits per heavy atom. The van der Waals surface area contributed by atoms with Crippen LogP contribution in [0.5, 0.6) is 0 Å². The van der Waals surface area contributed by atoms with Crippen molar-refractivity contribution >= 4 is 0 Å². The van der Waals surface area contributed by atoms with Crippen LogP contribution in [0.3, 0.4) is 0 Å². The van der Waals surface area contributed by atoms with E-state index in [1.807, 2.05) is 7.05 Å². The molecule has 1 saturated heterocycles. The summed E-state index contributed by atoms with van der Waals surface area (Å²) >= 11 is 0. The zero-order valence-corrected chi connectivity index (χ0v) is 8.42. The van der Waals surface area contributed by atoms with Crippen LogP contribution in [0.2, 0.25) is 0 Å². The fraction of sp³-hybridized carbons (Fsp3) is 1.00. The molecule has 0 bridgehead atoms. The van der Waals surface area contributed by atoms with Gasteiger partial charge in [-0.15, -0.1) is 0 Å². The standard InChI is InChI=1S/C9H19FN2O/c1-11-9-3-4-12(5-6-13-2)7-8(9)10/h8-9,11H,3-7H2,1-2H3. The van der Waals surface area contributed by atoms with E-state index >= 15 is 0 Å². The molecule has 13 heavy (non-hydrogen) atoms. The molecule has 1 fully saturated rings. The fourth-order valence-corrected chi connectivity index (χ4v) is 1.72. The normalized spacial score (nSPS) is 30.7. The van der Waals surface area contributed by atoms with Gasteiger partial charge in [-0.1, -0.05) is 0 Å². The minimum absolute atomic E-state index is 0.0406. The lowest BCUT2D eigenvalue weighted by atomic mass is 10.0. The number of alkyl halides is 1. The van der Waals surface area contributed by atoms with E-state index in [0.29, 0.717) is 13.2 Å². The van der Waals surface area contributed by atoms with Gasteiger partial charge in [0, 0.05) is 26.2 Å². The van der Waals surface area contributed by atoms with E-state index < -0.39 is 6.17 Å². The quantitative estimate of drug-likeness (QED) is 0.688. The molecule has 1 heterocycles. The van der Waals surface area contributed by atoms with Gasteiger partial charge in [-0.2, -0.15) is 0 Å². The molecule has 1 rings (SSSR count). The maximum absolute atomic E-state index is 13.4. The molecule has 78 valence electrons. The van der Waals surface area contributed by atoms with Crippen molar-refractivity contribution in [3.63, 3.8) is 0 Å². The van der Waals surface area contributed by atoms with Crippen molar-refractivity contribution in [3.05, 3.63) is 0 Å². The number of piperidine rings is 1. The molecule has 4 heteroatoms. The summed E-state index contributed by atoms with van der Waals surface area (Å²) in [7, 11) is 3.50. The molecular formula is C9H19FN2O. The minimum atomic E-state index is -0.740. The summed E-state index contributed by atoms with van der Waals surface area (Å²) in [5, 5.41) is 3.00. The van der Waals surface area contributed by atoms with Crippen LogP contribution in [-0.2, 0) is 4.74 Å². The largest absolute Gasteiger partial charge is 0.383 e. The predicted octanol–water partition coefficient (Wildman–Crippen LogP) is 0.265. The smallest absolute Gasteiger partial charge is 0.128 e. The lowest BCUT2D eigenvalue weighted by Crippen LogP contribution is -2.50. The third-order valence-corrected chi connectivity index (χ3v) is 2.61. The Balaban J connectivity index is 2.24. The van der Waals surface area contributed by atoms with Crippen LogP contribution in [0.1, 0.15) is 6.42 Å². The van der Waals surface area contributed by atoms with Crippen molar-refractivity contribution < 1.29 is 9.13 Å². The Morgan fingerprint density at radius 2 is 2.38 bits per heavy atom. The van der Waals surface area contributed by atoms with Gasteiger partial charge in [-0.3, -0.25) is 4.90 Å². The van der Waals surface area contributed by atoms with Crippen LogP contribution in [0, 0.1) is 0 Å². The van der Waals surface area contributed by atoms with Gasteiger partial charge in [0.05, 0.1) is 6.61 Å². The molecule has 0 spiro atoms. The second kappa shape index (κ2) is 5.52. The summed E-state index contributed by atoms with van der Waals surface area (Å²) in [6.45, 7) is 3.04. The number of likely N-dealkylation sites (tertiary alicyclic amines) is 1. The molecule has 1 aliphatic heterocycles. The third-order valence-electron chi connectivity index (χ3n) is 2.61. The van der Waals surface area contributed by atoms with Gasteiger partial charge in [-0.05, 0) is 20.0 Å². The Hall–Kier alpha value is -0.190. The minimum Gasteiger partial charge on any atom is -0.383 e. The van der Waals surface area contributed by atoms with Gasteiger partial charge in [0.1, 0.15) is 6.17 Å². The first kappa shape index (κ1) is 10.9. The van der Waals surface area contributed by atoms with Gasteiger partial charge in [0.25, 0.3) is 0 Å². The van der Waals surface area contributed by atoms with Gasteiger partial charge in [-0.25, -0.2) is 4.39 Å². The monoisotopic (exact) mass is 190 g/mol. The maximum atomic E-state index is 13.4. The fourth-order valence-electron chi connectivity index (χ4n) is 1.72. The van der Waals surface area contributed by atoms with E-state index in [9.17, 15) is 4.39 Å². The number of methoxy groups -OCH3 is 1. The van der Waals surface area contributed by atoms with E-state index in [4.69, 9.17) is 4.74 Å². The Morgan fingerprint density at radius 1 is 1.62 bits per heavy atom. The molecule has 2 unspecified atom stereocenters. The maximum Gasteiger partial charge on any atom is 0.128 e. The molecule has 0 radical (unpaired) electrons. The number of halogens is 1. The van der Waals surface area contributed by atoms with Crippen LogP contribution in [0.4, 0.5) is 4.39 Å². The molecule has 2 atom stereocenters. The third kappa shape index (κ3) is 3.21. The Kier molecular flexibility index (Phi) is 4.62. The van der Waals surface area contributed by atoms with Gasteiger partial charge in [0.15, 0.2) is 0 Å². The lowest BCUT2D eigenvalue weighted by Gasteiger charge is -2.34. The molecule has 3 nitrogen and oxygen atoms in total. The van der Waals surface area contributed by atoms with Crippen LogP contribution >= 0.6 is 0 Å². The zero-order valence-electron chi connectivity index (χ0n) is 8.42.